The maximum absolute atomic E-state index is 6.02. The van der Waals surface area contributed by atoms with Crippen molar-refractivity contribution in [1.29, 1.82) is 0 Å². The Balaban J connectivity index is 2.05. The van der Waals surface area contributed by atoms with Crippen molar-refractivity contribution in [3.8, 4) is 0 Å². The summed E-state index contributed by atoms with van der Waals surface area (Å²) < 4.78 is 0. The SMILES string of the molecule is Clc1ccc(CC2=CC(Cl)CNC2)nc1. The van der Waals surface area contributed by atoms with Crippen LogP contribution in [0.15, 0.2) is 30.0 Å². The highest BCUT2D eigenvalue weighted by atomic mass is 35.5. The summed E-state index contributed by atoms with van der Waals surface area (Å²) in [5.41, 5.74) is 2.31. The molecule has 0 amide bonds. The van der Waals surface area contributed by atoms with Crippen LogP contribution in [0, 0.1) is 0 Å². The lowest BCUT2D eigenvalue weighted by molar-refractivity contribution is 0.692. The van der Waals surface area contributed by atoms with E-state index in [0.29, 0.717) is 5.02 Å². The second kappa shape index (κ2) is 4.97. The molecular formula is C11H12Cl2N2. The average Bonchev–Trinajstić information content (AvgIpc) is 2.22. The summed E-state index contributed by atoms with van der Waals surface area (Å²) in [6, 6.07) is 3.81. The van der Waals surface area contributed by atoms with Gasteiger partial charge in [-0.3, -0.25) is 4.98 Å². The van der Waals surface area contributed by atoms with Gasteiger partial charge in [0.25, 0.3) is 0 Å². The smallest absolute Gasteiger partial charge is 0.0643 e. The summed E-state index contributed by atoms with van der Waals surface area (Å²) in [5, 5.41) is 4.03. The molecule has 1 aliphatic heterocycles. The van der Waals surface area contributed by atoms with Crippen molar-refractivity contribution in [1.82, 2.24) is 10.3 Å². The quantitative estimate of drug-likeness (QED) is 0.637. The van der Waals surface area contributed by atoms with Gasteiger partial charge in [0, 0.05) is 31.4 Å². The normalized spacial score (nSPS) is 21.2. The van der Waals surface area contributed by atoms with E-state index in [-0.39, 0.29) is 5.38 Å². The van der Waals surface area contributed by atoms with Crippen molar-refractivity contribution in [2.45, 2.75) is 11.8 Å². The Labute approximate surface area is 99.3 Å². The first kappa shape index (κ1) is 10.9. The Kier molecular flexibility index (Phi) is 3.62. The van der Waals surface area contributed by atoms with E-state index in [2.05, 4.69) is 16.4 Å². The molecule has 80 valence electrons. The molecule has 0 saturated heterocycles. The van der Waals surface area contributed by atoms with Gasteiger partial charge in [-0.2, -0.15) is 0 Å². The van der Waals surface area contributed by atoms with Crippen molar-refractivity contribution in [3.05, 3.63) is 40.7 Å². The zero-order valence-corrected chi connectivity index (χ0v) is 9.72. The molecule has 2 heterocycles. The largest absolute Gasteiger partial charge is 0.311 e. The lowest BCUT2D eigenvalue weighted by Crippen LogP contribution is -2.30. The number of nitrogens with zero attached hydrogens (tertiary/aromatic N) is 1. The van der Waals surface area contributed by atoms with Gasteiger partial charge in [0.2, 0.25) is 0 Å². The maximum Gasteiger partial charge on any atom is 0.0643 e. The standard InChI is InChI=1S/C11H12Cl2N2/c12-9-1-2-11(15-7-9)4-8-3-10(13)6-14-5-8/h1-3,7,10,14H,4-6H2. The third kappa shape index (κ3) is 3.20. The van der Waals surface area contributed by atoms with Crippen LogP contribution in [-0.4, -0.2) is 23.5 Å². The van der Waals surface area contributed by atoms with Crippen LogP contribution in [0.4, 0.5) is 0 Å². The second-order valence-corrected chi connectivity index (χ2v) is 4.61. The van der Waals surface area contributed by atoms with E-state index in [1.807, 2.05) is 12.1 Å². The minimum atomic E-state index is 0.0982. The Morgan fingerprint density at radius 1 is 1.47 bits per heavy atom. The maximum atomic E-state index is 6.02. The number of nitrogens with one attached hydrogen (secondary N) is 1. The highest BCUT2D eigenvalue weighted by molar-refractivity contribution is 6.30. The summed E-state index contributed by atoms with van der Waals surface area (Å²) in [4.78, 5) is 4.25. The summed E-state index contributed by atoms with van der Waals surface area (Å²) >= 11 is 11.8. The molecule has 15 heavy (non-hydrogen) atoms. The molecule has 0 saturated carbocycles. The van der Waals surface area contributed by atoms with Gasteiger partial charge in [-0.25, -0.2) is 0 Å². The minimum absolute atomic E-state index is 0.0982. The lowest BCUT2D eigenvalue weighted by atomic mass is 10.1. The number of rotatable bonds is 2. The summed E-state index contributed by atoms with van der Waals surface area (Å²) in [7, 11) is 0. The van der Waals surface area contributed by atoms with Crippen LogP contribution in [0.3, 0.4) is 0 Å². The molecule has 0 radical (unpaired) electrons. The van der Waals surface area contributed by atoms with Crippen LogP contribution in [-0.2, 0) is 6.42 Å². The van der Waals surface area contributed by atoms with E-state index in [9.17, 15) is 0 Å². The first-order chi connectivity index (χ1) is 7.24. The van der Waals surface area contributed by atoms with Crippen molar-refractivity contribution >= 4 is 23.2 Å². The summed E-state index contributed by atoms with van der Waals surface area (Å²) in [6.45, 7) is 1.74. The van der Waals surface area contributed by atoms with E-state index < -0.39 is 0 Å². The van der Waals surface area contributed by atoms with Gasteiger partial charge in [-0.05, 0) is 12.1 Å². The Hall–Kier alpha value is -0.570. The van der Waals surface area contributed by atoms with E-state index >= 15 is 0 Å². The summed E-state index contributed by atoms with van der Waals surface area (Å²) in [5.74, 6) is 0. The Morgan fingerprint density at radius 2 is 2.33 bits per heavy atom. The highest BCUT2D eigenvalue weighted by Gasteiger charge is 2.10. The molecule has 0 spiro atoms. The highest BCUT2D eigenvalue weighted by Crippen LogP contribution is 2.13. The summed E-state index contributed by atoms with van der Waals surface area (Å²) in [6.07, 6.45) is 4.62. The fourth-order valence-corrected chi connectivity index (χ4v) is 2.01. The molecule has 2 rings (SSSR count). The van der Waals surface area contributed by atoms with E-state index in [0.717, 1.165) is 25.2 Å². The van der Waals surface area contributed by atoms with Crippen molar-refractivity contribution in [3.63, 3.8) is 0 Å². The van der Waals surface area contributed by atoms with Gasteiger partial charge >= 0.3 is 0 Å². The minimum Gasteiger partial charge on any atom is -0.311 e. The van der Waals surface area contributed by atoms with Crippen LogP contribution in [0.1, 0.15) is 5.69 Å². The van der Waals surface area contributed by atoms with Crippen LogP contribution >= 0.6 is 23.2 Å². The number of hydrogen-bond donors (Lipinski definition) is 1. The zero-order chi connectivity index (χ0) is 10.7. The molecule has 1 aromatic rings. The molecule has 4 heteroatoms. The van der Waals surface area contributed by atoms with E-state index in [1.54, 1.807) is 6.20 Å². The fourth-order valence-electron chi connectivity index (χ4n) is 1.61. The molecule has 1 aromatic heterocycles. The Bertz CT molecular complexity index is 359. The molecular weight excluding hydrogens is 231 g/mol. The molecule has 1 aliphatic rings. The number of halogens is 2. The predicted molar refractivity (Wildman–Crippen MR) is 63.5 cm³/mol. The van der Waals surface area contributed by atoms with Crippen LogP contribution in [0.2, 0.25) is 5.02 Å². The molecule has 1 N–H and O–H groups in total. The molecule has 1 atom stereocenters. The molecule has 1 unspecified atom stereocenters. The molecule has 0 fully saturated rings. The van der Waals surface area contributed by atoms with Crippen LogP contribution < -0.4 is 5.32 Å². The van der Waals surface area contributed by atoms with Crippen molar-refractivity contribution < 1.29 is 0 Å². The van der Waals surface area contributed by atoms with Gasteiger partial charge in [0.15, 0.2) is 0 Å². The van der Waals surface area contributed by atoms with Crippen LogP contribution in [0.25, 0.3) is 0 Å². The molecule has 2 nitrogen and oxygen atoms in total. The predicted octanol–water partition coefficient (Wildman–Crippen LogP) is 2.41. The number of hydrogen-bond acceptors (Lipinski definition) is 2. The van der Waals surface area contributed by atoms with Gasteiger partial charge in [0.1, 0.15) is 0 Å². The van der Waals surface area contributed by atoms with Crippen molar-refractivity contribution in [2.75, 3.05) is 13.1 Å². The first-order valence-electron chi connectivity index (χ1n) is 4.89. The molecule has 0 aromatic carbocycles. The number of pyridine rings is 1. The van der Waals surface area contributed by atoms with Gasteiger partial charge < -0.3 is 5.32 Å². The topological polar surface area (TPSA) is 24.9 Å². The first-order valence-corrected chi connectivity index (χ1v) is 5.70. The van der Waals surface area contributed by atoms with E-state index in [1.165, 1.54) is 5.57 Å². The number of alkyl halides is 1. The third-order valence-electron chi connectivity index (χ3n) is 2.30. The fraction of sp³-hybridized carbons (Fsp3) is 0.364. The molecule has 0 aliphatic carbocycles. The van der Waals surface area contributed by atoms with Crippen molar-refractivity contribution in [2.24, 2.45) is 0 Å². The lowest BCUT2D eigenvalue weighted by Gasteiger charge is -2.17. The van der Waals surface area contributed by atoms with Gasteiger partial charge in [-0.1, -0.05) is 23.3 Å². The second-order valence-electron chi connectivity index (χ2n) is 3.62. The Morgan fingerprint density at radius 3 is 3.00 bits per heavy atom. The third-order valence-corrected chi connectivity index (χ3v) is 2.81. The zero-order valence-electron chi connectivity index (χ0n) is 8.21. The van der Waals surface area contributed by atoms with E-state index in [4.69, 9.17) is 23.2 Å². The van der Waals surface area contributed by atoms with Crippen LogP contribution in [0.5, 0.6) is 0 Å². The molecule has 0 bridgehead atoms. The average molecular weight is 243 g/mol. The van der Waals surface area contributed by atoms with Gasteiger partial charge in [0.05, 0.1) is 10.4 Å². The number of aromatic nitrogens is 1. The monoisotopic (exact) mass is 242 g/mol. The van der Waals surface area contributed by atoms with Gasteiger partial charge in [-0.15, -0.1) is 11.6 Å².